The van der Waals surface area contributed by atoms with Crippen molar-refractivity contribution in [2.45, 2.75) is 44.9 Å². The molecule has 3 nitrogen and oxygen atoms in total. The van der Waals surface area contributed by atoms with Gasteiger partial charge in [-0.3, -0.25) is 4.79 Å². The van der Waals surface area contributed by atoms with E-state index in [1.807, 2.05) is 4.90 Å². The molecule has 3 heteroatoms. The third kappa shape index (κ3) is 2.76. The molecule has 0 aromatic heterocycles. The summed E-state index contributed by atoms with van der Waals surface area (Å²) in [5.41, 5.74) is 0. The van der Waals surface area contributed by atoms with E-state index in [1.54, 1.807) is 0 Å². The first-order valence-corrected chi connectivity index (χ1v) is 6.71. The molecule has 16 heavy (non-hydrogen) atoms. The molecule has 0 radical (unpaired) electrons. The molecule has 1 heterocycles. The van der Waals surface area contributed by atoms with Crippen LogP contribution in [0.5, 0.6) is 0 Å². The topological polar surface area (TPSA) is 40.5 Å². The number of hydrogen-bond donors (Lipinski definition) is 1. The van der Waals surface area contributed by atoms with Gasteiger partial charge in [0.1, 0.15) is 0 Å². The number of aliphatic hydroxyl groups excluding tert-OH is 1. The molecule has 0 unspecified atom stereocenters. The Bertz CT molecular complexity index is 228. The first kappa shape index (κ1) is 11.9. The van der Waals surface area contributed by atoms with E-state index in [9.17, 15) is 4.79 Å². The van der Waals surface area contributed by atoms with Gasteiger partial charge in [0, 0.05) is 31.5 Å². The lowest BCUT2D eigenvalue weighted by molar-refractivity contribution is -0.143. The maximum Gasteiger partial charge on any atom is 0.225 e. The summed E-state index contributed by atoms with van der Waals surface area (Å²) < 4.78 is 0. The molecule has 1 aliphatic heterocycles. The Morgan fingerprint density at radius 2 is 1.62 bits per heavy atom. The van der Waals surface area contributed by atoms with Crippen molar-refractivity contribution in [3.63, 3.8) is 0 Å². The van der Waals surface area contributed by atoms with Gasteiger partial charge >= 0.3 is 0 Å². The lowest BCUT2D eigenvalue weighted by Crippen LogP contribution is -2.53. The van der Waals surface area contributed by atoms with Gasteiger partial charge in [-0.15, -0.1) is 0 Å². The Morgan fingerprint density at radius 1 is 1.06 bits per heavy atom. The standard InChI is InChI=1S/C13H23NO2/c15-10-11-8-14(9-11)13(16)12-6-4-2-1-3-5-7-12/h11-12,15H,1-10H2. The highest BCUT2D eigenvalue weighted by Crippen LogP contribution is 2.26. The fourth-order valence-electron chi connectivity index (χ4n) is 2.83. The summed E-state index contributed by atoms with van der Waals surface area (Å²) in [5.74, 6) is 0.976. The second-order valence-electron chi connectivity index (χ2n) is 5.33. The van der Waals surface area contributed by atoms with Crippen LogP contribution in [0.4, 0.5) is 0 Å². The molecule has 0 aromatic rings. The smallest absolute Gasteiger partial charge is 0.225 e. The molecule has 1 saturated heterocycles. The van der Waals surface area contributed by atoms with Crippen molar-refractivity contribution in [1.82, 2.24) is 4.90 Å². The van der Waals surface area contributed by atoms with Crippen LogP contribution in [0.25, 0.3) is 0 Å². The van der Waals surface area contributed by atoms with E-state index in [-0.39, 0.29) is 12.5 Å². The Labute approximate surface area is 97.8 Å². The van der Waals surface area contributed by atoms with Gasteiger partial charge in [-0.1, -0.05) is 32.1 Å². The molecule has 1 amide bonds. The molecule has 0 spiro atoms. The van der Waals surface area contributed by atoms with Crippen molar-refractivity contribution in [2.24, 2.45) is 11.8 Å². The van der Waals surface area contributed by atoms with Crippen LogP contribution in [0.2, 0.25) is 0 Å². The van der Waals surface area contributed by atoms with Gasteiger partial charge in [0.05, 0.1) is 0 Å². The lowest BCUT2D eigenvalue weighted by atomic mass is 9.88. The summed E-state index contributed by atoms with van der Waals surface area (Å²) in [6.07, 6.45) is 8.53. The number of carbonyl (C=O) groups is 1. The number of amides is 1. The summed E-state index contributed by atoms with van der Waals surface area (Å²) in [4.78, 5) is 14.1. The second kappa shape index (κ2) is 5.67. The van der Waals surface area contributed by atoms with Crippen molar-refractivity contribution in [2.75, 3.05) is 19.7 Å². The maximum absolute atomic E-state index is 12.2. The van der Waals surface area contributed by atoms with E-state index in [1.165, 1.54) is 32.1 Å². The van der Waals surface area contributed by atoms with Crippen LogP contribution in [-0.2, 0) is 4.79 Å². The molecule has 92 valence electrons. The van der Waals surface area contributed by atoms with Crippen molar-refractivity contribution >= 4 is 5.91 Å². The van der Waals surface area contributed by atoms with Crippen LogP contribution in [0.15, 0.2) is 0 Å². The van der Waals surface area contributed by atoms with Crippen LogP contribution in [0, 0.1) is 11.8 Å². The van der Waals surface area contributed by atoms with Crippen molar-refractivity contribution in [3.05, 3.63) is 0 Å². The fraction of sp³-hybridized carbons (Fsp3) is 0.923. The van der Waals surface area contributed by atoms with Crippen molar-refractivity contribution in [3.8, 4) is 0 Å². The molecule has 1 aliphatic carbocycles. The minimum Gasteiger partial charge on any atom is -0.396 e. The Kier molecular flexibility index (Phi) is 4.22. The molecular weight excluding hydrogens is 202 g/mol. The summed E-state index contributed by atoms with van der Waals surface area (Å²) in [7, 11) is 0. The zero-order chi connectivity index (χ0) is 11.4. The first-order chi connectivity index (χ1) is 7.81. The van der Waals surface area contributed by atoms with Gasteiger partial charge in [0.25, 0.3) is 0 Å². The van der Waals surface area contributed by atoms with E-state index in [0.717, 1.165) is 25.9 Å². The van der Waals surface area contributed by atoms with E-state index in [0.29, 0.717) is 11.8 Å². The van der Waals surface area contributed by atoms with Gasteiger partial charge in [0.2, 0.25) is 5.91 Å². The summed E-state index contributed by atoms with van der Waals surface area (Å²) in [6, 6.07) is 0. The Morgan fingerprint density at radius 3 is 2.19 bits per heavy atom. The average molecular weight is 225 g/mol. The number of nitrogens with zero attached hydrogens (tertiary/aromatic N) is 1. The molecule has 0 atom stereocenters. The minimum absolute atomic E-state index is 0.231. The zero-order valence-corrected chi connectivity index (χ0v) is 10.0. The van der Waals surface area contributed by atoms with Crippen molar-refractivity contribution < 1.29 is 9.90 Å². The van der Waals surface area contributed by atoms with Gasteiger partial charge < -0.3 is 10.0 Å². The van der Waals surface area contributed by atoms with E-state index < -0.39 is 0 Å². The SMILES string of the molecule is O=C(C1CCCCCCC1)N1CC(CO)C1. The summed E-state index contributed by atoms with van der Waals surface area (Å²) in [5, 5.41) is 8.94. The highest BCUT2D eigenvalue weighted by molar-refractivity contribution is 5.79. The van der Waals surface area contributed by atoms with E-state index >= 15 is 0 Å². The molecule has 0 aromatic carbocycles. The number of hydrogen-bond acceptors (Lipinski definition) is 2. The number of carbonyl (C=O) groups excluding carboxylic acids is 1. The highest BCUT2D eigenvalue weighted by Gasteiger charge is 2.33. The normalized spacial score (nSPS) is 24.7. The monoisotopic (exact) mass is 225 g/mol. The summed E-state index contributed by atoms with van der Waals surface area (Å²) in [6.45, 7) is 1.80. The summed E-state index contributed by atoms with van der Waals surface area (Å²) >= 11 is 0. The largest absolute Gasteiger partial charge is 0.396 e. The maximum atomic E-state index is 12.2. The van der Waals surface area contributed by atoms with Gasteiger partial charge in [-0.05, 0) is 12.8 Å². The molecule has 1 saturated carbocycles. The second-order valence-corrected chi connectivity index (χ2v) is 5.33. The van der Waals surface area contributed by atoms with Crippen LogP contribution in [0.3, 0.4) is 0 Å². The predicted octanol–water partition coefficient (Wildman–Crippen LogP) is 1.80. The number of rotatable bonds is 2. The predicted molar refractivity (Wildman–Crippen MR) is 63.0 cm³/mol. The third-order valence-electron chi connectivity index (χ3n) is 3.98. The quantitative estimate of drug-likeness (QED) is 0.778. The molecule has 2 rings (SSSR count). The van der Waals surface area contributed by atoms with Crippen molar-refractivity contribution in [1.29, 1.82) is 0 Å². The molecule has 2 aliphatic rings. The fourth-order valence-corrected chi connectivity index (χ4v) is 2.83. The van der Waals surface area contributed by atoms with Gasteiger partial charge in [-0.25, -0.2) is 0 Å². The minimum atomic E-state index is 0.231. The number of likely N-dealkylation sites (tertiary alicyclic amines) is 1. The van der Waals surface area contributed by atoms with E-state index in [4.69, 9.17) is 5.11 Å². The van der Waals surface area contributed by atoms with Crippen LogP contribution in [-0.4, -0.2) is 35.6 Å². The van der Waals surface area contributed by atoms with Crippen LogP contribution >= 0.6 is 0 Å². The van der Waals surface area contributed by atoms with Crippen LogP contribution in [0.1, 0.15) is 44.9 Å². The van der Waals surface area contributed by atoms with E-state index in [2.05, 4.69) is 0 Å². The third-order valence-corrected chi connectivity index (χ3v) is 3.98. The first-order valence-electron chi connectivity index (χ1n) is 6.71. The van der Waals surface area contributed by atoms with Gasteiger partial charge in [-0.2, -0.15) is 0 Å². The lowest BCUT2D eigenvalue weighted by Gasteiger charge is -2.40. The van der Waals surface area contributed by atoms with Gasteiger partial charge in [0.15, 0.2) is 0 Å². The average Bonchev–Trinajstić information content (AvgIpc) is 2.15. The Balaban J connectivity index is 1.79. The molecule has 1 N–H and O–H groups in total. The molecular formula is C13H23NO2. The highest BCUT2D eigenvalue weighted by atomic mass is 16.3. The van der Waals surface area contributed by atoms with Crippen LogP contribution < -0.4 is 0 Å². The Hall–Kier alpha value is -0.570. The zero-order valence-electron chi connectivity index (χ0n) is 10.0. The molecule has 0 bridgehead atoms. The molecule has 2 fully saturated rings. The number of aliphatic hydroxyl groups is 1.